The minimum absolute atomic E-state index is 0.0827. The van der Waals surface area contributed by atoms with Gasteiger partial charge in [-0.2, -0.15) is 0 Å². The minimum atomic E-state index is -0.126. The first-order valence-electron chi connectivity index (χ1n) is 11.0. The summed E-state index contributed by atoms with van der Waals surface area (Å²) in [4.78, 5) is 7.50. The molecule has 0 radical (unpaired) electrons. The summed E-state index contributed by atoms with van der Waals surface area (Å²) in [6.45, 7) is 1.05. The zero-order valence-corrected chi connectivity index (χ0v) is 18.1. The summed E-state index contributed by atoms with van der Waals surface area (Å²) in [5.74, 6) is 1.42. The number of aromatic hydroxyl groups is 1. The highest BCUT2D eigenvalue weighted by atomic mass is 35.5. The highest BCUT2D eigenvalue weighted by Crippen LogP contribution is 2.66. The Balaban J connectivity index is 1.43. The molecule has 7 rings (SSSR count). The van der Waals surface area contributed by atoms with Gasteiger partial charge in [0.05, 0.1) is 5.69 Å². The first-order valence-corrected chi connectivity index (χ1v) is 11.4. The molecule has 3 heterocycles. The molecule has 31 heavy (non-hydrogen) atoms. The Labute approximate surface area is 186 Å². The Morgan fingerprint density at radius 3 is 2.77 bits per heavy atom. The van der Waals surface area contributed by atoms with Gasteiger partial charge in [-0.15, -0.1) is 0 Å². The summed E-state index contributed by atoms with van der Waals surface area (Å²) in [7, 11) is 2.26. The third-order valence-corrected chi connectivity index (χ3v) is 8.51. The zero-order valence-electron chi connectivity index (χ0n) is 17.3. The zero-order chi connectivity index (χ0) is 20.9. The van der Waals surface area contributed by atoms with Crippen molar-refractivity contribution in [1.29, 1.82) is 0 Å². The van der Waals surface area contributed by atoms with Gasteiger partial charge in [-0.25, -0.2) is 0 Å². The lowest BCUT2D eigenvalue weighted by atomic mass is 9.51. The van der Waals surface area contributed by atoms with Gasteiger partial charge < -0.3 is 14.7 Å². The molecule has 1 spiro atoms. The van der Waals surface area contributed by atoms with Crippen LogP contribution in [-0.4, -0.2) is 34.6 Å². The molecule has 0 saturated carbocycles. The monoisotopic (exact) mass is 430 g/mol. The number of benzene rings is 2. The lowest BCUT2D eigenvalue weighted by Crippen LogP contribution is -2.62. The second kappa shape index (κ2) is 6.02. The number of aromatic nitrogens is 1. The van der Waals surface area contributed by atoms with Gasteiger partial charge >= 0.3 is 0 Å². The summed E-state index contributed by atoms with van der Waals surface area (Å²) in [5, 5.41) is 11.4. The molecule has 2 bridgehead atoms. The number of phenols is 1. The molecule has 1 aromatic heterocycles. The first kappa shape index (κ1) is 18.1. The molecule has 5 heteroatoms. The second-order valence-corrected chi connectivity index (χ2v) is 10.0. The summed E-state index contributed by atoms with van der Waals surface area (Å²) >= 11 is 6.09. The number of piperidine rings is 1. The molecule has 1 N–H and O–H groups in total. The van der Waals surface area contributed by atoms with Crippen LogP contribution in [0.3, 0.4) is 0 Å². The van der Waals surface area contributed by atoms with Gasteiger partial charge in [-0.1, -0.05) is 29.8 Å². The van der Waals surface area contributed by atoms with E-state index in [4.69, 9.17) is 21.3 Å². The van der Waals surface area contributed by atoms with Crippen molar-refractivity contribution in [3.8, 4) is 22.6 Å². The molecule has 4 aliphatic rings. The van der Waals surface area contributed by atoms with E-state index in [1.165, 1.54) is 16.7 Å². The SMILES string of the molecule is CN1CC[C@]23c4c5ccc(O)c4O[C@H]2c2ncc(-c4ccc(Cl)cc4)cc2C[C@H]3[C@@H]1C5. The molecular weight excluding hydrogens is 408 g/mol. The molecular formula is C26H23ClN2O2. The first-order chi connectivity index (χ1) is 15.1. The normalized spacial score (nSPS) is 29.8. The Hall–Kier alpha value is -2.56. The maximum atomic E-state index is 10.7. The molecule has 4 nitrogen and oxygen atoms in total. The Morgan fingerprint density at radius 1 is 1.10 bits per heavy atom. The number of phenolic OH excluding ortho intramolecular Hbond substituents is 1. The number of nitrogens with zero attached hydrogens (tertiary/aromatic N) is 2. The van der Waals surface area contributed by atoms with Gasteiger partial charge in [0, 0.05) is 33.8 Å². The number of hydrogen-bond acceptors (Lipinski definition) is 4. The third-order valence-electron chi connectivity index (χ3n) is 8.26. The van der Waals surface area contributed by atoms with Crippen LogP contribution in [0.4, 0.5) is 0 Å². The number of hydrogen-bond donors (Lipinski definition) is 1. The maximum absolute atomic E-state index is 10.7. The molecule has 0 unspecified atom stereocenters. The van der Waals surface area contributed by atoms with Crippen molar-refractivity contribution in [2.24, 2.45) is 5.92 Å². The van der Waals surface area contributed by atoms with Crippen molar-refractivity contribution in [2.45, 2.75) is 36.8 Å². The summed E-state index contributed by atoms with van der Waals surface area (Å²) in [6, 6.07) is 14.6. The van der Waals surface area contributed by atoms with Crippen LogP contribution in [0.15, 0.2) is 48.7 Å². The van der Waals surface area contributed by atoms with Gasteiger partial charge in [0.15, 0.2) is 17.6 Å². The fourth-order valence-electron chi connectivity index (χ4n) is 6.86. The highest BCUT2D eigenvalue weighted by Gasteiger charge is 2.64. The molecule has 3 aromatic rings. The van der Waals surface area contributed by atoms with Gasteiger partial charge in [-0.3, -0.25) is 4.98 Å². The molecule has 156 valence electrons. The van der Waals surface area contributed by atoms with E-state index in [-0.39, 0.29) is 17.3 Å². The van der Waals surface area contributed by atoms with Crippen molar-refractivity contribution >= 4 is 11.6 Å². The molecule has 2 aliphatic heterocycles. The lowest BCUT2D eigenvalue weighted by Gasteiger charge is -2.57. The largest absolute Gasteiger partial charge is 0.504 e. The molecule has 1 fully saturated rings. The van der Waals surface area contributed by atoms with Crippen LogP contribution in [-0.2, 0) is 18.3 Å². The third kappa shape index (κ3) is 2.22. The topological polar surface area (TPSA) is 45.6 Å². The molecule has 4 atom stereocenters. The van der Waals surface area contributed by atoms with Gasteiger partial charge in [0.25, 0.3) is 0 Å². The summed E-state index contributed by atoms with van der Waals surface area (Å²) in [6.07, 6.45) is 4.88. The summed E-state index contributed by atoms with van der Waals surface area (Å²) in [5.41, 5.74) is 7.07. The quantitative estimate of drug-likeness (QED) is 0.595. The van der Waals surface area contributed by atoms with E-state index >= 15 is 0 Å². The lowest BCUT2D eigenvalue weighted by molar-refractivity contribution is -0.0260. The number of pyridine rings is 1. The summed E-state index contributed by atoms with van der Waals surface area (Å²) < 4.78 is 6.58. The fourth-order valence-corrected chi connectivity index (χ4v) is 6.99. The van der Waals surface area contributed by atoms with E-state index in [1.54, 1.807) is 6.07 Å². The minimum Gasteiger partial charge on any atom is -0.504 e. The number of fused-ring (bicyclic) bond motifs is 2. The Bertz CT molecular complexity index is 1240. The van der Waals surface area contributed by atoms with Crippen LogP contribution in [0.1, 0.15) is 34.9 Å². The van der Waals surface area contributed by atoms with Crippen LogP contribution in [0.25, 0.3) is 11.1 Å². The van der Waals surface area contributed by atoms with Gasteiger partial charge in [0.1, 0.15) is 0 Å². The van der Waals surface area contributed by atoms with Crippen LogP contribution >= 0.6 is 11.6 Å². The predicted octanol–water partition coefficient (Wildman–Crippen LogP) is 4.91. The Kier molecular flexibility index (Phi) is 3.51. The molecule has 2 aliphatic carbocycles. The second-order valence-electron chi connectivity index (χ2n) is 9.57. The van der Waals surface area contributed by atoms with E-state index < -0.39 is 0 Å². The van der Waals surface area contributed by atoms with Crippen molar-refractivity contribution in [1.82, 2.24) is 9.88 Å². The number of likely N-dealkylation sites (tertiary alicyclic amines) is 1. The maximum Gasteiger partial charge on any atom is 0.166 e. The fraction of sp³-hybridized carbons (Fsp3) is 0.346. The van der Waals surface area contributed by atoms with Crippen LogP contribution < -0.4 is 4.74 Å². The number of halogens is 1. The number of likely N-dealkylation sites (N-methyl/N-ethyl adjacent to an activating group) is 1. The van der Waals surface area contributed by atoms with E-state index in [9.17, 15) is 5.11 Å². The van der Waals surface area contributed by atoms with Crippen LogP contribution in [0.5, 0.6) is 11.5 Å². The van der Waals surface area contributed by atoms with Crippen LogP contribution in [0.2, 0.25) is 5.02 Å². The highest BCUT2D eigenvalue weighted by molar-refractivity contribution is 6.30. The average Bonchev–Trinajstić information content (AvgIpc) is 3.13. The van der Waals surface area contributed by atoms with Crippen molar-refractivity contribution in [2.75, 3.05) is 13.6 Å². The van der Waals surface area contributed by atoms with Crippen molar-refractivity contribution in [3.05, 3.63) is 76.1 Å². The van der Waals surface area contributed by atoms with Crippen LogP contribution in [0, 0.1) is 5.92 Å². The van der Waals surface area contributed by atoms with Gasteiger partial charge in [0.2, 0.25) is 0 Å². The van der Waals surface area contributed by atoms with E-state index in [0.717, 1.165) is 47.7 Å². The van der Waals surface area contributed by atoms with E-state index in [1.807, 2.05) is 30.5 Å². The van der Waals surface area contributed by atoms with E-state index in [0.29, 0.717) is 17.7 Å². The number of ether oxygens (including phenoxy) is 1. The predicted molar refractivity (Wildman–Crippen MR) is 120 cm³/mol. The average molecular weight is 431 g/mol. The van der Waals surface area contributed by atoms with Gasteiger partial charge in [-0.05, 0) is 79.7 Å². The van der Waals surface area contributed by atoms with E-state index in [2.05, 4.69) is 24.1 Å². The Morgan fingerprint density at radius 2 is 1.94 bits per heavy atom. The van der Waals surface area contributed by atoms with Crippen molar-refractivity contribution in [3.63, 3.8) is 0 Å². The van der Waals surface area contributed by atoms with Crippen molar-refractivity contribution < 1.29 is 9.84 Å². The standard InChI is InChI=1S/C26H23ClN2O2/c1-29-9-8-26-19-11-16-10-17(14-2-5-18(27)6-3-14)13-28-23(16)25(26)31-24-21(30)7-4-15(22(24)26)12-20(19)29/h2-7,10,13,19-20,25,30H,8-9,11-12H2,1H3/t19-,20-,25-,26-/m0/s1. The smallest absolute Gasteiger partial charge is 0.166 e. The number of rotatable bonds is 1. The molecule has 2 aromatic carbocycles. The molecule has 0 amide bonds. The molecule has 1 saturated heterocycles.